The summed E-state index contributed by atoms with van der Waals surface area (Å²) in [4.78, 5) is 17.9. The van der Waals surface area contributed by atoms with Crippen LogP contribution in [-0.4, -0.2) is 71.2 Å². The summed E-state index contributed by atoms with van der Waals surface area (Å²) in [5, 5.41) is 8.76. The second-order valence-electron chi connectivity index (χ2n) is 8.67. The first-order valence-electron chi connectivity index (χ1n) is 11.0. The van der Waals surface area contributed by atoms with Crippen LogP contribution in [0.3, 0.4) is 0 Å². The number of thioether (sulfide) groups is 1. The van der Waals surface area contributed by atoms with Crippen molar-refractivity contribution in [2.75, 3.05) is 39.4 Å². The van der Waals surface area contributed by atoms with Crippen LogP contribution in [0.4, 0.5) is 0 Å². The fraction of sp³-hybridized carbons (Fsp3) is 0.591. The molecule has 0 radical (unpaired) electrons. The van der Waals surface area contributed by atoms with E-state index < -0.39 is 0 Å². The van der Waals surface area contributed by atoms with Crippen LogP contribution in [0.25, 0.3) is 0 Å². The Kier molecular flexibility index (Phi) is 6.06. The lowest BCUT2D eigenvalue weighted by atomic mass is 9.75. The summed E-state index contributed by atoms with van der Waals surface area (Å²) in [6.07, 6.45) is 4.38. The molecule has 5 heterocycles. The molecule has 1 aromatic carbocycles. The van der Waals surface area contributed by atoms with Gasteiger partial charge in [-0.25, -0.2) is 4.68 Å². The molecule has 2 bridgehead atoms. The molecule has 1 aromatic heterocycles. The average molecular weight is 429 g/mol. The van der Waals surface area contributed by atoms with Crippen LogP contribution in [0.15, 0.2) is 41.4 Å². The Morgan fingerprint density at radius 3 is 2.83 bits per heavy atom. The summed E-state index contributed by atoms with van der Waals surface area (Å²) in [7, 11) is 0. The molecular formula is C22H30N5O2S+. The highest BCUT2D eigenvalue weighted by atomic mass is 32.2. The number of quaternary nitrogens is 1. The van der Waals surface area contributed by atoms with Gasteiger partial charge in [-0.2, -0.15) is 0 Å². The van der Waals surface area contributed by atoms with E-state index in [4.69, 9.17) is 4.74 Å². The van der Waals surface area contributed by atoms with E-state index in [-0.39, 0.29) is 5.92 Å². The summed E-state index contributed by atoms with van der Waals surface area (Å²) in [5.74, 6) is 1.90. The highest BCUT2D eigenvalue weighted by molar-refractivity contribution is 7.98. The zero-order valence-electron chi connectivity index (χ0n) is 17.3. The number of morpholine rings is 1. The monoisotopic (exact) mass is 428 g/mol. The van der Waals surface area contributed by atoms with Crippen molar-refractivity contribution in [3.8, 4) is 0 Å². The molecule has 0 saturated carbocycles. The number of hydrogen-bond donors (Lipinski definition) is 1. The Morgan fingerprint density at radius 2 is 2.07 bits per heavy atom. The van der Waals surface area contributed by atoms with E-state index in [2.05, 4.69) is 40.8 Å². The van der Waals surface area contributed by atoms with Crippen LogP contribution in [0.2, 0.25) is 0 Å². The third kappa shape index (κ3) is 4.40. The number of amides is 1. The standard InChI is InChI=1S/C22H29N5O2S/c28-22(25-8-10-29-11-9-25)21-15-26-7-6-17(21)12-19(26)14-27-13-18(23-24-27)16-30-20-4-2-1-3-5-20/h1-5,13,17,19,21H,6-12,14-16H2/p+1/t17-,19-,21+/m1/s1. The van der Waals surface area contributed by atoms with Crippen molar-refractivity contribution < 1.29 is 14.4 Å². The van der Waals surface area contributed by atoms with E-state index in [1.54, 1.807) is 16.7 Å². The number of aromatic nitrogens is 3. The van der Waals surface area contributed by atoms with Crippen LogP contribution in [0.5, 0.6) is 0 Å². The van der Waals surface area contributed by atoms with Crippen molar-refractivity contribution in [3.05, 3.63) is 42.2 Å². The first kappa shape index (κ1) is 20.0. The summed E-state index contributed by atoms with van der Waals surface area (Å²) < 4.78 is 7.42. The first-order valence-corrected chi connectivity index (χ1v) is 12.0. The van der Waals surface area contributed by atoms with Crippen LogP contribution >= 0.6 is 11.8 Å². The van der Waals surface area contributed by atoms with Crippen molar-refractivity contribution >= 4 is 17.7 Å². The minimum Gasteiger partial charge on any atom is -0.378 e. The van der Waals surface area contributed by atoms with Gasteiger partial charge in [0.15, 0.2) is 0 Å². The number of carbonyl (C=O) groups excluding carboxylic acids is 1. The number of benzene rings is 1. The molecule has 4 aliphatic heterocycles. The lowest BCUT2D eigenvalue weighted by Crippen LogP contribution is -3.20. The molecule has 0 aliphatic carbocycles. The van der Waals surface area contributed by atoms with Gasteiger partial charge in [0, 0.05) is 42.8 Å². The van der Waals surface area contributed by atoms with Gasteiger partial charge in [-0.1, -0.05) is 23.4 Å². The molecule has 4 fully saturated rings. The van der Waals surface area contributed by atoms with Gasteiger partial charge >= 0.3 is 0 Å². The van der Waals surface area contributed by atoms with Crippen molar-refractivity contribution in [1.29, 1.82) is 0 Å². The third-order valence-electron chi connectivity index (χ3n) is 6.82. The predicted octanol–water partition coefficient (Wildman–Crippen LogP) is 0.723. The molecule has 4 aliphatic rings. The Hall–Kier alpha value is -1.90. The van der Waals surface area contributed by atoms with Gasteiger partial charge < -0.3 is 14.5 Å². The van der Waals surface area contributed by atoms with E-state index in [1.807, 2.05) is 15.6 Å². The van der Waals surface area contributed by atoms with E-state index in [0.717, 1.165) is 44.0 Å². The fourth-order valence-electron chi connectivity index (χ4n) is 5.21. The average Bonchev–Trinajstić information content (AvgIpc) is 3.26. The largest absolute Gasteiger partial charge is 0.378 e. The Balaban J connectivity index is 1.16. The smallest absolute Gasteiger partial charge is 0.231 e. The van der Waals surface area contributed by atoms with Gasteiger partial charge in [-0.3, -0.25) is 4.79 Å². The van der Waals surface area contributed by atoms with Crippen molar-refractivity contribution in [3.63, 3.8) is 0 Å². The normalized spacial score (nSPS) is 28.6. The Morgan fingerprint density at radius 1 is 1.23 bits per heavy atom. The number of carbonyl (C=O) groups is 1. The van der Waals surface area contributed by atoms with E-state index in [1.165, 1.54) is 17.9 Å². The van der Waals surface area contributed by atoms with Crippen LogP contribution in [-0.2, 0) is 21.8 Å². The van der Waals surface area contributed by atoms with Crippen LogP contribution < -0.4 is 4.90 Å². The summed E-state index contributed by atoms with van der Waals surface area (Å²) in [6.45, 7) is 5.91. The summed E-state index contributed by atoms with van der Waals surface area (Å²) in [6, 6.07) is 10.9. The molecule has 8 heteroatoms. The molecule has 7 nitrogen and oxygen atoms in total. The lowest BCUT2D eigenvalue weighted by molar-refractivity contribution is -0.945. The van der Waals surface area contributed by atoms with Crippen LogP contribution in [0.1, 0.15) is 18.5 Å². The highest BCUT2D eigenvalue weighted by Crippen LogP contribution is 2.29. The number of nitrogens with zero attached hydrogens (tertiary/aromatic N) is 4. The minimum atomic E-state index is 0.191. The second-order valence-corrected chi connectivity index (χ2v) is 9.72. The summed E-state index contributed by atoms with van der Waals surface area (Å²) in [5.41, 5.74) is 1.02. The van der Waals surface area contributed by atoms with Gasteiger partial charge in [0.2, 0.25) is 5.91 Å². The quantitative estimate of drug-likeness (QED) is 0.687. The van der Waals surface area contributed by atoms with Crippen LogP contribution in [0, 0.1) is 11.8 Å². The fourth-order valence-corrected chi connectivity index (χ4v) is 6.01. The molecule has 1 N–H and O–H groups in total. The minimum absolute atomic E-state index is 0.191. The molecule has 6 rings (SSSR count). The summed E-state index contributed by atoms with van der Waals surface area (Å²) >= 11 is 1.79. The highest BCUT2D eigenvalue weighted by Gasteiger charge is 2.47. The molecular weight excluding hydrogens is 398 g/mol. The van der Waals surface area contributed by atoms with Gasteiger partial charge in [-0.05, 0) is 18.1 Å². The van der Waals surface area contributed by atoms with Crippen molar-refractivity contribution in [2.24, 2.45) is 11.8 Å². The first-order chi connectivity index (χ1) is 14.8. The molecule has 0 spiro atoms. The Labute approximate surface area is 181 Å². The van der Waals surface area contributed by atoms with E-state index >= 15 is 0 Å². The zero-order chi connectivity index (χ0) is 20.3. The molecule has 30 heavy (non-hydrogen) atoms. The topological polar surface area (TPSA) is 64.7 Å². The second kappa shape index (κ2) is 9.08. The van der Waals surface area contributed by atoms with Gasteiger partial charge in [0.25, 0.3) is 0 Å². The van der Waals surface area contributed by atoms with E-state index in [0.29, 0.717) is 31.1 Å². The van der Waals surface area contributed by atoms with Gasteiger partial charge in [-0.15, -0.1) is 16.9 Å². The van der Waals surface area contributed by atoms with Gasteiger partial charge in [0.05, 0.1) is 44.5 Å². The molecule has 4 atom stereocenters. The molecule has 4 saturated heterocycles. The Bertz CT molecular complexity index is 854. The van der Waals surface area contributed by atoms with Gasteiger partial charge in [0.1, 0.15) is 6.04 Å². The maximum absolute atomic E-state index is 13.0. The molecule has 1 amide bonds. The molecule has 1 unspecified atom stereocenters. The number of ether oxygens (including phenoxy) is 1. The lowest BCUT2D eigenvalue weighted by Gasteiger charge is -2.47. The molecule has 160 valence electrons. The molecule has 2 aromatic rings. The number of rotatable bonds is 6. The van der Waals surface area contributed by atoms with E-state index in [9.17, 15) is 4.79 Å². The van der Waals surface area contributed by atoms with Crippen molar-refractivity contribution in [1.82, 2.24) is 19.9 Å². The predicted molar refractivity (Wildman–Crippen MR) is 114 cm³/mol. The zero-order valence-corrected chi connectivity index (χ0v) is 18.1. The SMILES string of the molecule is O=C([C@H]1C[NH+]2CC[C@@H]1C[C@@H]2Cn1cc(CSc2ccccc2)nn1)N1CCOCC1. The number of nitrogens with one attached hydrogen (secondary N) is 1. The maximum atomic E-state index is 13.0. The number of piperidine rings is 3. The number of hydrogen-bond acceptors (Lipinski definition) is 5. The van der Waals surface area contributed by atoms with Crippen molar-refractivity contribution in [2.45, 2.75) is 36.1 Å². The number of fused-ring (bicyclic) bond motifs is 3. The maximum Gasteiger partial charge on any atom is 0.231 e. The third-order valence-corrected chi connectivity index (χ3v) is 7.86.